The molecule has 0 spiro atoms. The van der Waals surface area contributed by atoms with Gasteiger partial charge in [0.05, 0.1) is 0 Å². The molecule has 0 aromatic heterocycles. The Labute approximate surface area is 166 Å². The van der Waals surface area contributed by atoms with Crippen LogP contribution in [0.5, 0.6) is 0 Å². The first-order valence-electron chi connectivity index (χ1n) is 12.3. The summed E-state index contributed by atoms with van der Waals surface area (Å²) in [5.74, 6) is 0.350. The third kappa shape index (κ3) is 23.7. The van der Waals surface area contributed by atoms with Crippen LogP contribution in [-0.4, -0.2) is 5.78 Å². The molecule has 0 radical (unpaired) electrons. The van der Waals surface area contributed by atoms with E-state index in [9.17, 15) is 4.79 Å². The number of Topliss-reactive ketones (excluding diaryl/α,β-unsaturated/α-hetero) is 1. The molecule has 0 heterocycles. The van der Waals surface area contributed by atoms with Gasteiger partial charge >= 0.3 is 0 Å². The Morgan fingerprint density at radius 1 is 0.423 bits per heavy atom. The Balaban J connectivity index is 2.98. The molecular formula is C25H50O. The van der Waals surface area contributed by atoms with Crippen molar-refractivity contribution in [1.82, 2.24) is 0 Å². The van der Waals surface area contributed by atoms with Crippen LogP contribution in [0.15, 0.2) is 0 Å². The molecule has 0 saturated heterocycles. The lowest BCUT2D eigenvalue weighted by Gasteiger charge is -2.04. The van der Waals surface area contributed by atoms with E-state index < -0.39 is 0 Å². The maximum Gasteiger partial charge on any atom is 0.129 e. The smallest absolute Gasteiger partial charge is 0.129 e. The normalized spacial score (nSPS) is 11.2. The van der Waals surface area contributed by atoms with E-state index in [4.69, 9.17) is 0 Å². The van der Waals surface area contributed by atoms with Crippen molar-refractivity contribution in [2.45, 2.75) is 155 Å². The summed E-state index contributed by atoms with van der Waals surface area (Å²) in [4.78, 5) is 10.8. The lowest BCUT2D eigenvalue weighted by Crippen LogP contribution is -1.89. The van der Waals surface area contributed by atoms with Crippen molar-refractivity contribution >= 4 is 5.78 Å². The summed E-state index contributed by atoms with van der Waals surface area (Å²) < 4.78 is 0. The maximum absolute atomic E-state index is 10.8. The second-order valence-corrected chi connectivity index (χ2v) is 8.52. The van der Waals surface area contributed by atoms with Crippen molar-refractivity contribution in [3.8, 4) is 0 Å². The first-order valence-corrected chi connectivity index (χ1v) is 12.3. The lowest BCUT2D eigenvalue weighted by atomic mass is 10.0. The van der Waals surface area contributed by atoms with Crippen LogP contribution < -0.4 is 0 Å². The molecule has 0 unspecified atom stereocenters. The molecule has 0 aliphatic heterocycles. The van der Waals surface area contributed by atoms with Gasteiger partial charge in [0.15, 0.2) is 0 Å². The van der Waals surface area contributed by atoms with Crippen LogP contribution >= 0.6 is 0 Å². The number of hydrogen-bond acceptors (Lipinski definition) is 1. The predicted molar refractivity (Wildman–Crippen MR) is 118 cm³/mol. The van der Waals surface area contributed by atoms with Crippen LogP contribution in [0.1, 0.15) is 155 Å². The average molecular weight is 367 g/mol. The van der Waals surface area contributed by atoms with Gasteiger partial charge in [0.1, 0.15) is 5.78 Å². The van der Waals surface area contributed by atoms with E-state index in [0.717, 1.165) is 12.8 Å². The fourth-order valence-electron chi connectivity index (χ4n) is 3.81. The fraction of sp³-hybridized carbons (Fsp3) is 0.960. The van der Waals surface area contributed by atoms with Crippen LogP contribution in [0.3, 0.4) is 0 Å². The van der Waals surface area contributed by atoms with E-state index in [-0.39, 0.29) is 0 Å². The second kappa shape index (κ2) is 22.7. The summed E-state index contributed by atoms with van der Waals surface area (Å²) in [5, 5.41) is 0. The Bertz CT molecular complexity index is 271. The van der Waals surface area contributed by atoms with E-state index >= 15 is 0 Å². The lowest BCUT2D eigenvalue weighted by molar-refractivity contribution is -0.117. The molecular weight excluding hydrogens is 316 g/mol. The fourth-order valence-corrected chi connectivity index (χ4v) is 3.81. The van der Waals surface area contributed by atoms with Crippen LogP contribution in [0, 0.1) is 0 Å². The molecule has 0 amide bonds. The number of hydrogen-bond donors (Lipinski definition) is 0. The number of rotatable bonds is 22. The Morgan fingerprint density at radius 2 is 0.654 bits per heavy atom. The molecule has 1 heteroatoms. The van der Waals surface area contributed by atoms with Gasteiger partial charge in [-0.1, -0.05) is 135 Å². The first kappa shape index (κ1) is 25.7. The molecule has 26 heavy (non-hydrogen) atoms. The summed E-state index contributed by atoms with van der Waals surface area (Å²) in [6, 6.07) is 0. The van der Waals surface area contributed by atoms with E-state index in [1.54, 1.807) is 6.92 Å². The quantitative estimate of drug-likeness (QED) is 0.174. The van der Waals surface area contributed by atoms with E-state index in [0.29, 0.717) is 5.78 Å². The van der Waals surface area contributed by atoms with Gasteiger partial charge < -0.3 is 4.79 Å². The Kier molecular flexibility index (Phi) is 22.4. The molecule has 0 aromatic rings. The maximum atomic E-state index is 10.8. The van der Waals surface area contributed by atoms with Crippen molar-refractivity contribution in [3.63, 3.8) is 0 Å². The predicted octanol–water partition coefficient (Wildman–Crippen LogP) is 9.18. The molecule has 0 atom stereocenters. The first-order chi connectivity index (χ1) is 12.8. The number of unbranched alkanes of at least 4 members (excludes halogenated alkanes) is 20. The SMILES string of the molecule is CCCCCCCCCCCCCCCCCCCCCCCC(C)=O. The minimum Gasteiger partial charge on any atom is -0.300 e. The molecule has 0 bridgehead atoms. The Morgan fingerprint density at radius 3 is 0.885 bits per heavy atom. The summed E-state index contributed by atoms with van der Waals surface area (Å²) >= 11 is 0. The van der Waals surface area contributed by atoms with Gasteiger partial charge in [-0.3, -0.25) is 0 Å². The number of carbonyl (C=O) groups excluding carboxylic acids is 1. The topological polar surface area (TPSA) is 17.1 Å². The second-order valence-electron chi connectivity index (χ2n) is 8.52. The summed E-state index contributed by atoms with van der Waals surface area (Å²) in [5.41, 5.74) is 0. The van der Waals surface area contributed by atoms with E-state index in [1.165, 1.54) is 128 Å². The van der Waals surface area contributed by atoms with Crippen molar-refractivity contribution in [2.75, 3.05) is 0 Å². The molecule has 1 nitrogen and oxygen atoms in total. The average Bonchev–Trinajstić information content (AvgIpc) is 2.62. The summed E-state index contributed by atoms with van der Waals surface area (Å²) in [6.07, 6.45) is 30.5. The van der Waals surface area contributed by atoms with Gasteiger partial charge in [-0.2, -0.15) is 0 Å². The van der Waals surface area contributed by atoms with Crippen molar-refractivity contribution in [1.29, 1.82) is 0 Å². The molecule has 0 aliphatic carbocycles. The van der Waals surface area contributed by atoms with Crippen molar-refractivity contribution in [2.24, 2.45) is 0 Å². The number of carbonyl (C=O) groups is 1. The highest BCUT2D eigenvalue weighted by Crippen LogP contribution is 2.15. The highest BCUT2D eigenvalue weighted by Gasteiger charge is 1.96. The van der Waals surface area contributed by atoms with Gasteiger partial charge in [0.25, 0.3) is 0 Å². The van der Waals surface area contributed by atoms with Gasteiger partial charge in [0, 0.05) is 6.42 Å². The Hall–Kier alpha value is -0.330. The summed E-state index contributed by atoms with van der Waals surface area (Å²) in [6.45, 7) is 4.00. The van der Waals surface area contributed by atoms with Crippen LogP contribution in [0.4, 0.5) is 0 Å². The highest BCUT2D eigenvalue weighted by atomic mass is 16.1. The third-order valence-electron chi connectivity index (χ3n) is 5.63. The largest absolute Gasteiger partial charge is 0.300 e. The van der Waals surface area contributed by atoms with Crippen molar-refractivity contribution in [3.05, 3.63) is 0 Å². The minimum absolute atomic E-state index is 0.350. The molecule has 0 aliphatic rings. The molecule has 156 valence electrons. The van der Waals surface area contributed by atoms with Crippen molar-refractivity contribution < 1.29 is 4.79 Å². The zero-order valence-corrected chi connectivity index (χ0v) is 18.5. The minimum atomic E-state index is 0.350. The molecule has 0 fully saturated rings. The zero-order chi connectivity index (χ0) is 19.1. The molecule has 0 saturated carbocycles. The van der Waals surface area contributed by atoms with Crippen LogP contribution in [-0.2, 0) is 4.79 Å². The zero-order valence-electron chi connectivity index (χ0n) is 18.5. The standard InChI is InChI=1S/C25H50O/c1-3-4-5-6-7-8-9-10-11-12-13-14-15-16-17-18-19-20-21-22-23-24-25(2)26/h3-24H2,1-2H3. The van der Waals surface area contributed by atoms with Gasteiger partial charge in [0.2, 0.25) is 0 Å². The highest BCUT2D eigenvalue weighted by molar-refractivity contribution is 5.75. The van der Waals surface area contributed by atoms with Crippen LogP contribution in [0.25, 0.3) is 0 Å². The third-order valence-corrected chi connectivity index (χ3v) is 5.63. The van der Waals surface area contributed by atoms with Crippen LogP contribution in [0.2, 0.25) is 0 Å². The van der Waals surface area contributed by atoms with Gasteiger partial charge in [-0.05, 0) is 13.3 Å². The van der Waals surface area contributed by atoms with E-state index in [2.05, 4.69) is 6.92 Å². The molecule has 0 N–H and O–H groups in total. The van der Waals surface area contributed by atoms with Gasteiger partial charge in [-0.25, -0.2) is 0 Å². The molecule has 0 rings (SSSR count). The monoisotopic (exact) mass is 366 g/mol. The number of ketones is 1. The molecule has 0 aromatic carbocycles. The van der Waals surface area contributed by atoms with Gasteiger partial charge in [-0.15, -0.1) is 0 Å². The van der Waals surface area contributed by atoms with E-state index in [1.807, 2.05) is 0 Å². The summed E-state index contributed by atoms with van der Waals surface area (Å²) in [7, 11) is 0.